The maximum absolute atomic E-state index is 12.0. The Morgan fingerprint density at radius 1 is 1.33 bits per heavy atom. The predicted molar refractivity (Wildman–Crippen MR) is 86.2 cm³/mol. The second kappa shape index (κ2) is 7.45. The van der Waals surface area contributed by atoms with Crippen LogP contribution >= 0.6 is 23.2 Å². The summed E-state index contributed by atoms with van der Waals surface area (Å²) in [5.41, 5.74) is 0.554. The molecular weight excluding hydrogens is 311 g/mol. The minimum absolute atomic E-state index is 0.0639. The third-order valence-corrected chi connectivity index (χ3v) is 3.92. The van der Waals surface area contributed by atoms with E-state index >= 15 is 0 Å². The van der Waals surface area contributed by atoms with Crippen molar-refractivity contribution < 1.29 is 9.53 Å². The van der Waals surface area contributed by atoms with Crippen LogP contribution in [-0.2, 0) is 9.53 Å². The molecule has 1 saturated heterocycles. The molecule has 6 heteroatoms. The van der Waals surface area contributed by atoms with Crippen molar-refractivity contribution >= 4 is 34.8 Å². The standard InChI is InChI=1S/C15H20Cl2N2O2/c1-10-8-19(9-11(2)21-10)6-5-15(20)18-14-7-12(16)3-4-13(14)17/h3-4,7,10-11H,5-6,8-9H2,1-2H3,(H,18,20). The lowest BCUT2D eigenvalue weighted by Gasteiger charge is -2.35. The van der Waals surface area contributed by atoms with Gasteiger partial charge < -0.3 is 10.1 Å². The summed E-state index contributed by atoms with van der Waals surface area (Å²) in [4.78, 5) is 14.3. The number of benzene rings is 1. The third-order valence-electron chi connectivity index (χ3n) is 3.35. The molecule has 0 radical (unpaired) electrons. The smallest absolute Gasteiger partial charge is 0.225 e. The van der Waals surface area contributed by atoms with Gasteiger partial charge >= 0.3 is 0 Å². The van der Waals surface area contributed by atoms with Gasteiger partial charge in [-0.25, -0.2) is 0 Å². The number of morpholine rings is 1. The first-order valence-electron chi connectivity index (χ1n) is 7.06. The number of nitrogens with zero attached hydrogens (tertiary/aromatic N) is 1. The largest absolute Gasteiger partial charge is 0.373 e. The molecule has 0 aliphatic carbocycles. The van der Waals surface area contributed by atoms with E-state index in [1.807, 2.05) is 0 Å². The lowest BCUT2D eigenvalue weighted by molar-refractivity contribution is -0.117. The van der Waals surface area contributed by atoms with Crippen molar-refractivity contribution in [3.63, 3.8) is 0 Å². The molecule has 1 aromatic rings. The summed E-state index contributed by atoms with van der Waals surface area (Å²) in [6.45, 7) is 6.52. The molecular formula is C15H20Cl2N2O2. The van der Waals surface area contributed by atoms with Crippen molar-refractivity contribution in [2.75, 3.05) is 25.0 Å². The van der Waals surface area contributed by atoms with E-state index in [9.17, 15) is 4.79 Å². The van der Waals surface area contributed by atoms with Gasteiger partial charge in [-0.1, -0.05) is 23.2 Å². The maximum atomic E-state index is 12.0. The van der Waals surface area contributed by atoms with Gasteiger partial charge in [0.2, 0.25) is 5.91 Å². The highest BCUT2D eigenvalue weighted by molar-refractivity contribution is 6.35. The van der Waals surface area contributed by atoms with Gasteiger partial charge in [0.1, 0.15) is 0 Å². The van der Waals surface area contributed by atoms with Gasteiger partial charge in [0.05, 0.1) is 22.9 Å². The Labute approximate surface area is 135 Å². The molecule has 0 spiro atoms. The van der Waals surface area contributed by atoms with Gasteiger partial charge in [0.15, 0.2) is 0 Å². The van der Waals surface area contributed by atoms with Crippen LogP contribution in [0.1, 0.15) is 20.3 Å². The number of hydrogen-bond acceptors (Lipinski definition) is 3. The summed E-state index contributed by atoms with van der Waals surface area (Å²) < 4.78 is 5.67. The third kappa shape index (κ3) is 5.15. The van der Waals surface area contributed by atoms with Gasteiger partial charge in [-0.3, -0.25) is 9.69 Å². The van der Waals surface area contributed by atoms with E-state index in [-0.39, 0.29) is 18.1 Å². The molecule has 1 aromatic carbocycles. The van der Waals surface area contributed by atoms with Crippen molar-refractivity contribution in [2.45, 2.75) is 32.5 Å². The van der Waals surface area contributed by atoms with Crippen molar-refractivity contribution in [2.24, 2.45) is 0 Å². The summed E-state index contributed by atoms with van der Waals surface area (Å²) in [7, 11) is 0. The van der Waals surface area contributed by atoms with Crippen LogP contribution in [0, 0.1) is 0 Å². The van der Waals surface area contributed by atoms with Gasteiger partial charge in [-0.05, 0) is 32.0 Å². The Morgan fingerprint density at radius 2 is 2.00 bits per heavy atom. The van der Waals surface area contributed by atoms with E-state index < -0.39 is 0 Å². The molecule has 0 aromatic heterocycles. The number of anilines is 1. The quantitative estimate of drug-likeness (QED) is 0.919. The Bertz CT molecular complexity index is 500. The average molecular weight is 331 g/mol. The van der Waals surface area contributed by atoms with E-state index in [4.69, 9.17) is 27.9 Å². The van der Waals surface area contributed by atoms with Gasteiger partial charge in [-0.2, -0.15) is 0 Å². The fourth-order valence-corrected chi connectivity index (χ4v) is 2.87. The van der Waals surface area contributed by atoms with Crippen LogP contribution in [0.4, 0.5) is 5.69 Å². The predicted octanol–water partition coefficient (Wildman–Crippen LogP) is 3.43. The summed E-state index contributed by atoms with van der Waals surface area (Å²) >= 11 is 11.9. The van der Waals surface area contributed by atoms with E-state index in [0.717, 1.165) is 13.1 Å². The van der Waals surface area contributed by atoms with Crippen LogP contribution in [0.2, 0.25) is 10.0 Å². The topological polar surface area (TPSA) is 41.6 Å². The highest BCUT2D eigenvalue weighted by Gasteiger charge is 2.22. The molecule has 1 N–H and O–H groups in total. The van der Waals surface area contributed by atoms with E-state index in [2.05, 4.69) is 24.1 Å². The first-order chi connectivity index (χ1) is 9.94. The monoisotopic (exact) mass is 330 g/mol. The number of rotatable bonds is 4. The van der Waals surface area contributed by atoms with Crippen molar-refractivity contribution in [3.8, 4) is 0 Å². The fourth-order valence-electron chi connectivity index (χ4n) is 2.53. The molecule has 21 heavy (non-hydrogen) atoms. The Balaban J connectivity index is 1.83. The minimum Gasteiger partial charge on any atom is -0.373 e. The average Bonchev–Trinajstić information content (AvgIpc) is 2.40. The summed E-state index contributed by atoms with van der Waals surface area (Å²) in [5, 5.41) is 3.83. The Hall–Kier alpha value is -0.810. The summed E-state index contributed by atoms with van der Waals surface area (Å²) in [5.74, 6) is -0.0639. The summed E-state index contributed by atoms with van der Waals surface area (Å²) in [6.07, 6.45) is 0.834. The van der Waals surface area contributed by atoms with Crippen LogP contribution in [0.25, 0.3) is 0 Å². The number of amides is 1. The molecule has 0 bridgehead atoms. The van der Waals surface area contributed by atoms with Gasteiger partial charge in [0.25, 0.3) is 0 Å². The second-order valence-corrected chi connectivity index (χ2v) is 6.28. The van der Waals surface area contributed by atoms with Crippen molar-refractivity contribution in [1.82, 2.24) is 4.90 Å². The maximum Gasteiger partial charge on any atom is 0.225 e. The lowest BCUT2D eigenvalue weighted by Crippen LogP contribution is -2.46. The SMILES string of the molecule is CC1CN(CCC(=O)Nc2cc(Cl)ccc2Cl)CC(C)O1. The Morgan fingerprint density at radius 3 is 2.67 bits per heavy atom. The first-order valence-corrected chi connectivity index (χ1v) is 7.82. The van der Waals surface area contributed by atoms with Crippen LogP contribution in [-0.4, -0.2) is 42.6 Å². The second-order valence-electron chi connectivity index (χ2n) is 5.44. The normalized spacial score (nSPS) is 23.0. The van der Waals surface area contributed by atoms with Crippen molar-refractivity contribution in [3.05, 3.63) is 28.2 Å². The van der Waals surface area contributed by atoms with Gasteiger partial charge in [-0.15, -0.1) is 0 Å². The molecule has 1 aliphatic heterocycles. The van der Waals surface area contributed by atoms with Gasteiger partial charge in [0, 0.05) is 31.1 Å². The zero-order valence-electron chi connectivity index (χ0n) is 12.2. The van der Waals surface area contributed by atoms with E-state index in [1.54, 1.807) is 18.2 Å². The molecule has 1 fully saturated rings. The number of hydrogen-bond donors (Lipinski definition) is 1. The minimum atomic E-state index is -0.0639. The molecule has 1 amide bonds. The van der Waals surface area contributed by atoms with Crippen LogP contribution in [0.5, 0.6) is 0 Å². The lowest BCUT2D eigenvalue weighted by atomic mass is 10.2. The molecule has 4 nitrogen and oxygen atoms in total. The van der Waals surface area contributed by atoms with Crippen LogP contribution < -0.4 is 5.32 Å². The van der Waals surface area contributed by atoms with E-state index in [1.165, 1.54) is 0 Å². The molecule has 116 valence electrons. The highest BCUT2D eigenvalue weighted by Crippen LogP contribution is 2.25. The molecule has 2 unspecified atom stereocenters. The number of nitrogens with one attached hydrogen (secondary N) is 1. The zero-order chi connectivity index (χ0) is 15.4. The number of ether oxygens (including phenoxy) is 1. The number of carbonyl (C=O) groups is 1. The first kappa shape index (κ1) is 16.6. The molecule has 0 saturated carbocycles. The van der Waals surface area contributed by atoms with Crippen LogP contribution in [0.3, 0.4) is 0 Å². The molecule has 2 rings (SSSR count). The highest BCUT2D eigenvalue weighted by atomic mass is 35.5. The van der Waals surface area contributed by atoms with E-state index in [0.29, 0.717) is 28.7 Å². The molecule has 1 aliphatic rings. The summed E-state index contributed by atoms with van der Waals surface area (Å²) in [6, 6.07) is 5.02. The Kier molecular flexibility index (Phi) is 5.88. The fraction of sp³-hybridized carbons (Fsp3) is 0.533. The number of halogens is 2. The zero-order valence-corrected chi connectivity index (χ0v) is 13.7. The molecule has 1 heterocycles. The number of carbonyl (C=O) groups excluding carboxylic acids is 1. The van der Waals surface area contributed by atoms with Crippen LogP contribution in [0.15, 0.2) is 18.2 Å². The molecule has 2 atom stereocenters. The van der Waals surface area contributed by atoms with Crippen molar-refractivity contribution in [1.29, 1.82) is 0 Å².